The summed E-state index contributed by atoms with van der Waals surface area (Å²) in [5.41, 5.74) is 0.0285. The minimum absolute atomic E-state index is 0.0285. The number of ether oxygens (including phenoxy) is 1. The second kappa shape index (κ2) is 14.6. The van der Waals surface area contributed by atoms with Crippen molar-refractivity contribution >= 4 is 35.8 Å². The van der Waals surface area contributed by atoms with Gasteiger partial charge in [-0.1, -0.05) is 6.58 Å². The van der Waals surface area contributed by atoms with Crippen molar-refractivity contribution in [1.82, 2.24) is 9.80 Å². The molecule has 0 spiro atoms. The molecular formula is C19H28N2O13. The second-order valence-corrected chi connectivity index (χ2v) is 7.30. The molecule has 0 aromatic rings. The number of hydrogen-bond donors (Lipinski definition) is 6. The fraction of sp³-hybridized carbons (Fsp3) is 0.579. The highest BCUT2D eigenvalue weighted by Crippen LogP contribution is 2.11. The first-order chi connectivity index (χ1) is 15.6. The Balaban J connectivity index is 5.76. The SMILES string of the molecule is C=C(C)C(=O)OCC(O)CN(CCN(CC(=O)O)C(CC(=O)O)C(=O)O)C(CC(=O)O)C(=O)O. The molecule has 6 N–H and O–H groups in total. The van der Waals surface area contributed by atoms with Gasteiger partial charge in [-0.3, -0.25) is 33.8 Å². The third-order valence-electron chi connectivity index (χ3n) is 4.40. The van der Waals surface area contributed by atoms with E-state index in [1.54, 1.807) is 0 Å². The minimum atomic E-state index is -1.78. The second-order valence-electron chi connectivity index (χ2n) is 7.30. The van der Waals surface area contributed by atoms with Gasteiger partial charge in [0.15, 0.2) is 0 Å². The number of esters is 1. The van der Waals surface area contributed by atoms with Crippen LogP contribution in [0.2, 0.25) is 0 Å². The Morgan fingerprint density at radius 2 is 1.24 bits per heavy atom. The number of carbonyl (C=O) groups is 6. The summed E-state index contributed by atoms with van der Waals surface area (Å²) in [5, 5.41) is 56.0. The molecule has 0 saturated heterocycles. The van der Waals surface area contributed by atoms with Crippen molar-refractivity contribution in [2.75, 3.05) is 32.8 Å². The Hall–Kier alpha value is -3.56. The van der Waals surface area contributed by atoms with E-state index >= 15 is 0 Å². The number of rotatable bonds is 18. The third kappa shape index (κ3) is 11.9. The van der Waals surface area contributed by atoms with Crippen molar-refractivity contribution in [3.8, 4) is 0 Å². The molecule has 0 saturated carbocycles. The molecule has 15 nitrogen and oxygen atoms in total. The van der Waals surface area contributed by atoms with Gasteiger partial charge in [-0.2, -0.15) is 0 Å². The van der Waals surface area contributed by atoms with Gasteiger partial charge in [0.25, 0.3) is 0 Å². The Morgan fingerprint density at radius 3 is 1.62 bits per heavy atom. The van der Waals surface area contributed by atoms with Crippen LogP contribution in [0.15, 0.2) is 12.2 Å². The molecule has 192 valence electrons. The summed E-state index contributed by atoms with van der Waals surface area (Å²) < 4.78 is 4.77. The van der Waals surface area contributed by atoms with Crippen LogP contribution in [-0.2, 0) is 33.5 Å². The molecule has 3 atom stereocenters. The smallest absolute Gasteiger partial charge is 0.333 e. The van der Waals surface area contributed by atoms with Crippen molar-refractivity contribution in [3.63, 3.8) is 0 Å². The van der Waals surface area contributed by atoms with E-state index < -0.39 is 99.6 Å². The average Bonchev–Trinajstić information content (AvgIpc) is 2.69. The molecule has 0 aliphatic carbocycles. The van der Waals surface area contributed by atoms with Gasteiger partial charge in [0.1, 0.15) is 24.8 Å². The van der Waals surface area contributed by atoms with Gasteiger partial charge in [-0.05, 0) is 6.92 Å². The molecule has 0 aromatic heterocycles. The lowest BCUT2D eigenvalue weighted by atomic mass is 10.1. The van der Waals surface area contributed by atoms with Gasteiger partial charge in [-0.15, -0.1) is 0 Å². The molecule has 0 aliphatic heterocycles. The van der Waals surface area contributed by atoms with Crippen LogP contribution < -0.4 is 0 Å². The summed E-state index contributed by atoms with van der Waals surface area (Å²) in [5.74, 6) is -8.59. The van der Waals surface area contributed by atoms with Crippen molar-refractivity contribution in [2.45, 2.75) is 38.0 Å². The molecule has 0 aromatic carbocycles. The molecule has 15 heteroatoms. The van der Waals surface area contributed by atoms with E-state index in [4.69, 9.17) is 20.1 Å². The topological polar surface area (TPSA) is 240 Å². The lowest BCUT2D eigenvalue weighted by Crippen LogP contribution is -2.52. The summed E-state index contributed by atoms with van der Waals surface area (Å²) in [6.45, 7) is 1.67. The van der Waals surface area contributed by atoms with Gasteiger partial charge < -0.3 is 35.4 Å². The van der Waals surface area contributed by atoms with E-state index in [9.17, 15) is 44.1 Å². The summed E-state index contributed by atoms with van der Waals surface area (Å²) in [4.78, 5) is 69.6. The molecule has 0 radical (unpaired) electrons. The van der Waals surface area contributed by atoms with Gasteiger partial charge >= 0.3 is 35.8 Å². The van der Waals surface area contributed by atoms with Gasteiger partial charge in [-0.25, -0.2) is 4.79 Å². The van der Waals surface area contributed by atoms with E-state index in [0.717, 1.165) is 9.80 Å². The molecule has 3 unspecified atom stereocenters. The average molecular weight is 492 g/mol. The van der Waals surface area contributed by atoms with Gasteiger partial charge in [0.2, 0.25) is 0 Å². The first-order valence-electron chi connectivity index (χ1n) is 9.75. The molecule has 0 rings (SSSR count). The predicted octanol–water partition coefficient (Wildman–Crippen LogP) is -1.99. The number of carboxylic acids is 5. The number of aliphatic hydroxyl groups excluding tert-OH is 1. The summed E-state index contributed by atoms with van der Waals surface area (Å²) in [6, 6.07) is -3.50. The van der Waals surface area contributed by atoms with Crippen LogP contribution in [0.5, 0.6) is 0 Å². The normalized spacial score (nSPS) is 13.6. The Morgan fingerprint density at radius 1 is 0.794 bits per heavy atom. The van der Waals surface area contributed by atoms with Crippen molar-refractivity contribution in [1.29, 1.82) is 0 Å². The zero-order chi connectivity index (χ0) is 26.6. The zero-order valence-corrected chi connectivity index (χ0v) is 18.3. The first-order valence-corrected chi connectivity index (χ1v) is 9.75. The fourth-order valence-corrected chi connectivity index (χ4v) is 2.84. The highest BCUT2D eigenvalue weighted by Gasteiger charge is 2.33. The number of aliphatic carboxylic acids is 5. The molecule has 0 aliphatic rings. The molecule has 0 amide bonds. The summed E-state index contributed by atoms with van der Waals surface area (Å²) in [6.07, 6.45) is -3.38. The lowest BCUT2D eigenvalue weighted by Gasteiger charge is -2.33. The molecule has 0 fully saturated rings. The highest BCUT2D eigenvalue weighted by atomic mass is 16.5. The zero-order valence-electron chi connectivity index (χ0n) is 18.3. The third-order valence-corrected chi connectivity index (χ3v) is 4.40. The molecule has 34 heavy (non-hydrogen) atoms. The van der Waals surface area contributed by atoms with Crippen molar-refractivity contribution in [3.05, 3.63) is 12.2 Å². The van der Waals surface area contributed by atoms with Gasteiger partial charge in [0.05, 0.1) is 19.4 Å². The monoisotopic (exact) mass is 492 g/mol. The quantitative estimate of drug-likeness (QED) is 0.0896. The maximum absolute atomic E-state index is 11.7. The standard InChI is InChI=1S/C19H28N2O13/c1-10(2)19(33)34-9-11(22)7-20(12(17(29)30)5-14(23)24)3-4-21(8-16(27)28)13(18(31)32)6-15(25)26/h11-13,22H,1,3-9H2,2H3,(H,23,24)(H,25,26)(H,27,28)(H,29,30)(H,31,32). The highest BCUT2D eigenvalue weighted by molar-refractivity contribution is 5.87. The van der Waals surface area contributed by atoms with E-state index in [0.29, 0.717) is 0 Å². The largest absolute Gasteiger partial charge is 0.481 e. The summed E-state index contributed by atoms with van der Waals surface area (Å²) >= 11 is 0. The van der Waals surface area contributed by atoms with Crippen LogP contribution in [0.4, 0.5) is 0 Å². The van der Waals surface area contributed by atoms with E-state index in [-0.39, 0.29) is 5.57 Å². The molecular weight excluding hydrogens is 464 g/mol. The van der Waals surface area contributed by atoms with Crippen LogP contribution >= 0.6 is 0 Å². The van der Waals surface area contributed by atoms with E-state index in [2.05, 4.69) is 6.58 Å². The first kappa shape index (κ1) is 30.4. The Bertz CT molecular complexity index is 797. The van der Waals surface area contributed by atoms with Crippen LogP contribution in [0.3, 0.4) is 0 Å². The van der Waals surface area contributed by atoms with Crippen molar-refractivity contribution in [2.24, 2.45) is 0 Å². The predicted molar refractivity (Wildman–Crippen MR) is 110 cm³/mol. The number of carbonyl (C=O) groups excluding carboxylic acids is 1. The van der Waals surface area contributed by atoms with Crippen LogP contribution in [0.1, 0.15) is 19.8 Å². The molecule has 0 bridgehead atoms. The fourth-order valence-electron chi connectivity index (χ4n) is 2.84. The Labute approximate surface area is 193 Å². The van der Waals surface area contributed by atoms with E-state index in [1.165, 1.54) is 6.92 Å². The molecule has 0 heterocycles. The number of nitrogens with zero attached hydrogens (tertiary/aromatic N) is 2. The number of hydrogen-bond acceptors (Lipinski definition) is 10. The van der Waals surface area contributed by atoms with Crippen LogP contribution in [0, 0.1) is 0 Å². The van der Waals surface area contributed by atoms with Crippen LogP contribution in [0.25, 0.3) is 0 Å². The minimum Gasteiger partial charge on any atom is -0.481 e. The maximum Gasteiger partial charge on any atom is 0.333 e. The number of aliphatic hydroxyl groups is 1. The van der Waals surface area contributed by atoms with Crippen molar-refractivity contribution < 1.29 is 64.1 Å². The number of carboxylic acid groups (broad SMARTS) is 5. The Kier molecular flexibility index (Phi) is 13.0. The maximum atomic E-state index is 11.7. The van der Waals surface area contributed by atoms with Gasteiger partial charge in [0, 0.05) is 25.2 Å². The lowest BCUT2D eigenvalue weighted by molar-refractivity contribution is -0.153. The van der Waals surface area contributed by atoms with E-state index in [1.807, 2.05) is 0 Å². The van der Waals surface area contributed by atoms with Crippen LogP contribution in [-0.4, -0.2) is 127 Å². The summed E-state index contributed by atoms with van der Waals surface area (Å²) in [7, 11) is 0.